The Bertz CT molecular complexity index is 416. The molecule has 0 aromatic heterocycles. The van der Waals surface area contributed by atoms with Gasteiger partial charge in [0, 0.05) is 23.1 Å². The van der Waals surface area contributed by atoms with E-state index in [1.165, 1.54) is 6.07 Å². The van der Waals surface area contributed by atoms with E-state index in [9.17, 15) is 4.39 Å². The summed E-state index contributed by atoms with van der Waals surface area (Å²) in [4.78, 5) is 0. The first-order valence-corrected chi connectivity index (χ1v) is 6.09. The number of nitrogens with two attached hydrogens (primary N) is 1. The summed E-state index contributed by atoms with van der Waals surface area (Å²) in [5, 5.41) is 0. The van der Waals surface area contributed by atoms with E-state index in [1.807, 2.05) is 6.92 Å². The summed E-state index contributed by atoms with van der Waals surface area (Å²) < 4.78 is 19.1. The number of hydrogen-bond donors (Lipinski definition) is 1. The van der Waals surface area contributed by atoms with Crippen LogP contribution in [-0.4, -0.2) is 13.2 Å². The molecule has 0 heterocycles. The Balaban J connectivity index is 2.52. The van der Waals surface area contributed by atoms with Crippen LogP contribution in [0.2, 0.25) is 0 Å². The van der Waals surface area contributed by atoms with Crippen molar-refractivity contribution < 1.29 is 9.13 Å². The first kappa shape index (κ1) is 11.9. The summed E-state index contributed by atoms with van der Waals surface area (Å²) in [7, 11) is 1.56. The lowest BCUT2D eigenvalue weighted by Crippen LogP contribution is -2.32. The molecule has 1 saturated carbocycles. The molecule has 0 bridgehead atoms. The predicted molar refractivity (Wildman–Crippen MR) is 65.2 cm³/mol. The van der Waals surface area contributed by atoms with Gasteiger partial charge in [-0.25, -0.2) is 4.39 Å². The van der Waals surface area contributed by atoms with Crippen molar-refractivity contribution in [1.29, 1.82) is 0 Å². The lowest BCUT2D eigenvalue weighted by molar-refractivity contribution is 0.394. The Labute approximate surface area is 103 Å². The number of ether oxygens (including phenoxy) is 1. The zero-order valence-corrected chi connectivity index (χ0v) is 11.0. The third-order valence-electron chi connectivity index (χ3n) is 3.44. The van der Waals surface area contributed by atoms with Gasteiger partial charge in [-0.1, -0.05) is 0 Å². The van der Waals surface area contributed by atoms with Crippen LogP contribution in [-0.2, 0) is 5.41 Å². The number of hydrogen-bond acceptors (Lipinski definition) is 2. The zero-order chi connectivity index (χ0) is 11.9. The first-order valence-electron chi connectivity index (χ1n) is 5.30. The Morgan fingerprint density at radius 1 is 1.50 bits per heavy atom. The third-order valence-corrected chi connectivity index (χ3v) is 4.05. The van der Waals surface area contributed by atoms with Gasteiger partial charge in [-0.3, -0.25) is 0 Å². The Morgan fingerprint density at radius 2 is 2.12 bits per heavy atom. The van der Waals surface area contributed by atoms with Crippen molar-refractivity contribution in [1.82, 2.24) is 0 Å². The molecule has 0 amide bonds. The number of methoxy groups -OCH3 is 1. The summed E-state index contributed by atoms with van der Waals surface area (Å²) >= 11 is 3.21. The fraction of sp³-hybridized carbons (Fsp3) is 0.500. The first-order chi connectivity index (χ1) is 7.51. The lowest BCUT2D eigenvalue weighted by Gasteiger charge is -2.23. The highest BCUT2D eigenvalue weighted by Crippen LogP contribution is 2.53. The minimum Gasteiger partial charge on any atom is -0.496 e. The lowest BCUT2D eigenvalue weighted by atomic mass is 9.89. The van der Waals surface area contributed by atoms with Crippen molar-refractivity contribution in [3.63, 3.8) is 0 Å². The van der Waals surface area contributed by atoms with Crippen molar-refractivity contribution in [2.24, 2.45) is 5.73 Å². The zero-order valence-electron chi connectivity index (χ0n) is 9.39. The van der Waals surface area contributed by atoms with E-state index < -0.39 is 0 Å². The third kappa shape index (κ3) is 1.74. The SMILES string of the molecule is COc1cc(F)c(Br)cc1C1(C(C)N)CC1. The molecule has 88 valence electrons. The van der Waals surface area contributed by atoms with Gasteiger partial charge >= 0.3 is 0 Å². The van der Waals surface area contributed by atoms with Gasteiger partial charge in [0.2, 0.25) is 0 Å². The fourth-order valence-electron chi connectivity index (χ4n) is 2.19. The van der Waals surface area contributed by atoms with Crippen LogP contribution in [0.1, 0.15) is 25.3 Å². The second-order valence-corrected chi connectivity index (χ2v) is 5.27. The Morgan fingerprint density at radius 3 is 2.56 bits per heavy atom. The molecular formula is C12H15BrFNO. The maximum Gasteiger partial charge on any atom is 0.141 e. The smallest absolute Gasteiger partial charge is 0.141 e. The van der Waals surface area contributed by atoms with Crippen molar-refractivity contribution in [2.75, 3.05) is 7.11 Å². The quantitative estimate of drug-likeness (QED) is 0.928. The van der Waals surface area contributed by atoms with Crippen molar-refractivity contribution in [2.45, 2.75) is 31.2 Å². The van der Waals surface area contributed by atoms with Gasteiger partial charge in [0.15, 0.2) is 0 Å². The molecule has 2 rings (SSSR count). The largest absolute Gasteiger partial charge is 0.496 e. The molecule has 1 atom stereocenters. The van der Waals surface area contributed by atoms with Crippen LogP contribution in [0.25, 0.3) is 0 Å². The standard InChI is InChI=1S/C12H15BrFNO/c1-7(15)12(3-4-12)8-5-9(13)10(14)6-11(8)16-2/h5-7H,3-4,15H2,1-2H3. The van der Waals surface area contributed by atoms with E-state index in [0.29, 0.717) is 10.2 Å². The van der Waals surface area contributed by atoms with E-state index in [4.69, 9.17) is 10.5 Å². The molecule has 2 N–H and O–H groups in total. The molecule has 16 heavy (non-hydrogen) atoms. The Kier molecular flexibility index (Phi) is 2.97. The molecule has 1 aromatic rings. The molecule has 0 radical (unpaired) electrons. The van der Waals surface area contributed by atoms with Crippen LogP contribution in [0.3, 0.4) is 0 Å². The van der Waals surface area contributed by atoms with Crippen LogP contribution in [0.5, 0.6) is 5.75 Å². The highest BCUT2D eigenvalue weighted by molar-refractivity contribution is 9.10. The van der Waals surface area contributed by atoms with Gasteiger partial charge in [-0.05, 0) is 41.8 Å². The molecule has 0 spiro atoms. The van der Waals surface area contributed by atoms with Crippen LogP contribution >= 0.6 is 15.9 Å². The van der Waals surface area contributed by atoms with Gasteiger partial charge in [0.05, 0.1) is 11.6 Å². The van der Waals surface area contributed by atoms with E-state index in [0.717, 1.165) is 18.4 Å². The molecule has 1 unspecified atom stereocenters. The molecule has 4 heteroatoms. The van der Waals surface area contributed by atoms with Crippen molar-refractivity contribution >= 4 is 15.9 Å². The van der Waals surface area contributed by atoms with Crippen LogP contribution in [0.4, 0.5) is 4.39 Å². The molecule has 2 nitrogen and oxygen atoms in total. The van der Waals surface area contributed by atoms with E-state index in [2.05, 4.69) is 15.9 Å². The number of benzene rings is 1. The summed E-state index contributed by atoms with van der Waals surface area (Å²) in [6, 6.07) is 3.27. The fourth-order valence-corrected chi connectivity index (χ4v) is 2.53. The van der Waals surface area contributed by atoms with Crippen LogP contribution in [0.15, 0.2) is 16.6 Å². The normalized spacial score (nSPS) is 19.3. The van der Waals surface area contributed by atoms with E-state index >= 15 is 0 Å². The van der Waals surface area contributed by atoms with E-state index in [-0.39, 0.29) is 17.3 Å². The van der Waals surface area contributed by atoms with E-state index in [1.54, 1.807) is 13.2 Å². The monoisotopic (exact) mass is 287 g/mol. The second kappa shape index (κ2) is 4.00. The molecule has 1 fully saturated rings. The number of halogens is 2. The van der Waals surface area contributed by atoms with Gasteiger partial charge in [0.25, 0.3) is 0 Å². The van der Waals surface area contributed by atoms with Crippen molar-refractivity contribution in [3.05, 3.63) is 28.0 Å². The minimum absolute atomic E-state index is 0.0262. The van der Waals surface area contributed by atoms with Crippen molar-refractivity contribution in [3.8, 4) is 5.75 Å². The average molecular weight is 288 g/mol. The van der Waals surface area contributed by atoms with Crippen LogP contribution < -0.4 is 10.5 Å². The highest BCUT2D eigenvalue weighted by atomic mass is 79.9. The van der Waals surface area contributed by atoms with Gasteiger partial charge in [0.1, 0.15) is 11.6 Å². The van der Waals surface area contributed by atoms with Gasteiger partial charge in [-0.2, -0.15) is 0 Å². The van der Waals surface area contributed by atoms with Gasteiger partial charge in [-0.15, -0.1) is 0 Å². The maximum absolute atomic E-state index is 13.4. The Hall–Kier alpha value is -0.610. The topological polar surface area (TPSA) is 35.2 Å². The molecule has 0 saturated heterocycles. The maximum atomic E-state index is 13.4. The molecule has 1 aliphatic rings. The summed E-state index contributed by atoms with van der Waals surface area (Å²) in [6.07, 6.45) is 2.08. The summed E-state index contributed by atoms with van der Waals surface area (Å²) in [6.45, 7) is 1.99. The average Bonchev–Trinajstić information content (AvgIpc) is 3.02. The summed E-state index contributed by atoms with van der Waals surface area (Å²) in [5.41, 5.74) is 7.00. The molecule has 1 aliphatic carbocycles. The highest BCUT2D eigenvalue weighted by Gasteiger charge is 2.49. The van der Waals surface area contributed by atoms with Crippen LogP contribution in [0, 0.1) is 5.82 Å². The molecule has 0 aliphatic heterocycles. The predicted octanol–water partition coefficient (Wildman–Crippen LogP) is 2.98. The molecular weight excluding hydrogens is 273 g/mol. The summed E-state index contributed by atoms with van der Waals surface area (Å²) in [5.74, 6) is 0.288. The second-order valence-electron chi connectivity index (χ2n) is 4.41. The number of rotatable bonds is 3. The van der Waals surface area contributed by atoms with Gasteiger partial charge < -0.3 is 10.5 Å². The molecule has 1 aromatic carbocycles. The minimum atomic E-state index is -0.305.